The van der Waals surface area contributed by atoms with E-state index in [1.807, 2.05) is 0 Å². The van der Waals surface area contributed by atoms with Crippen LogP contribution in [0.3, 0.4) is 0 Å². The molecule has 1 aliphatic carbocycles. The smallest absolute Gasteiger partial charge is 0.142 e. The van der Waals surface area contributed by atoms with E-state index in [1.54, 1.807) is 0 Å². The van der Waals surface area contributed by atoms with E-state index in [9.17, 15) is 10.2 Å². The summed E-state index contributed by atoms with van der Waals surface area (Å²) in [6.07, 6.45) is 3.38. The monoisotopic (exact) mass is 564 g/mol. The highest BCUT2D eigenvalue weighted by molar-refractivity contribution is 5.57. The normalized spacial score (nSPS) is 22.9. The summed E-state index contributed by atoms with van der Waals surface area (Å²) in [6, 6.07) is 9.06. The Kier molecular flexibility index (Phi) is 7.81. The van der Waals surface area contributed by atoms with Crippen molar-refractivity contribution in [3.63, 3.8) is 0 Å². The second-order valence-corrected chi connectivity index (χ2v) is 15.3. The van der Waals surface area contributed by atoms with Crippen molar-refractivity contribution < 1.29 is 19.7 Å². The number of aliphatic hydroxyl groups excluding tert-OH is 2. The zero-order valence-electron chi connectivity index (χ0n) is 26.9. The van der Waals surface area contributed by atoms with Gasteiger partial charge in [-0.3, -0.25) is 9.80 Å². The minimum Gasteiger partial charge on any atom is -0.478 e. The summed E-state index contributed by atoms with van der Waals surface area (Å²) in [4.78, 5) is 4.48. The summed E-state index contributed by atoms with van der Waals surface area (Å²) in [6.45, 7) is 22.8. The van der Waals surface area contributed by atoms with Crippen LogP contribution in [0.2, 0.25) is 0 Å². The Balaban J connectivity index is 1.67. The highest BCUT2D eigenvalue weighted by Gasteiger charge is 2.48. The average Bonchev–Trinajstić information content (AvgIpc) is 2.91. The number of rotatable bonds is 6. The lowest BCUT2D eigenvalue weighted by Crippen LogP contribution is -2.50. The zero-order chi connectivity index (χ0) is 30.0. The number of hydrogen-bond acceptors (Lipinski definition) is 6. The highest BCUT2D eigenvalue weighted by atomic mass is 16.5. The number of aliphatic hydroxyl groups is 2. The van der Waals surface area contributed by atoms with Crippen LogP contribution in [0, 0.1) is 25.2 Å². The maximum Gasteiger partial charge on any atom is 0.142 e. The largest absolute Gasteiger partial charge is 0.478 e. The minimum atomic E-state index is -0.359. The van der Waals surface area contributed by atoms with Crippen LogP contribution in [-0.4, -0.2) is 57.8 Å². The molecule has 6 nitrogen and oxygen atoms in total. The van der Waals surface area contributed by atoms with Crippen LogP contribution in [0.1, 0.15) is 101 Å². The highest BCUT2D eigenvalue weighted by Crippen LogP contribution is 2.56. The molecule has 2 N–H and O–H groups in total. The third-order valence-electron chi connectivity index (χ3n) is 10.5. The average molecular weight is 565 g/mol. The molecule has 41 heavy (non-hydrogen) atoms. The second kappa shape index (κ2) is 10.6. The van der Waals surface area contributed by atoms with E-state index in [-0.39, 0.29) is 35.1 Å². The summed E-state index contributed by atoms with van der Waals surface area (Å²) in [7, 11) is 0. The standard InChI is InChI=1S/C35H52N2O4/c1-23-14-32(4,5)18-35(15-23,28-10-12-30-26(24(28)2)16-36(21-40-30)33(6,7)19-38)29-11-13-31-27(25(29)3)17-37(22-41-31)34(8,9)20-39/h10-13,23,38-39H,14-22H2,1-9H3. The predicted octanol–water partition coefficient (Wildman–Crippen LogP) is 6.28. The van der Waals surface area contributed by atoms with Gasteiger partial charge in [-0.15, -0.1) is 0 Å². The van der Waals surface area contributed by atoms with Crippen LogP contribution < -0.4 is 9.47 Å². The molecule has 2 aromatic rings. The van der Waals surface area contributed by atoms with E-state index in [2.05, 4.69) is 96.4 Å². The van der Waals surface area contributed by atoms with Gasteiger partial charge in [-0.1, -0.05) is 32.9 Å². The molecule has 0 amide bonds. The van der Waals surface area contributed by atoms with Gasteiger partial charge in [0.25, 0.3) is 0 Å². The fourth-order valence-electron chi connectivity index (χ4n) is 8.04. The molecule has 6 heteroatoms. The van der Waals surface area contributed by atoms with Crippen molar-refractivity contribution in [3.8, 4) is 11.5 Å². The van der Waals surface area contributed by atoms with Crippen LogP contribution >= 0.6 is 0 Å². The van der Waals surface area contributed by atoms with Gasteiger partial charge in [0.05, 0.1) is 13.2 Å². The van der Waals surface area contributed by atoms with Gasteiger partial charge in [-0.25, -0.2) is 0 Å². The molecule has 1 fully saturated rings. The van der Waals surface area contributed by atoms with Gasteiger partial charge in [0, 0.05) is 40.7 Å². The van der Waals surface area contributed by atoms with E-state index in [0.717, 1.165) is 37.4 Å². The third kappa shape index (κ3) is 5.30. The van der Waals surface area contributed by atoms with Gasteiger partial charge < -0.3 is 19.7 Å². The number of nitrogens with zero attached hydrogens (tertiary/aromatic N) is 2. The van der Waals surface area contributed by atoms with E-state index in [1.165, 1.54) is 39.8 Å². The minimum absolute atomic E-state index is 0.0839. The Morgan fingerprint density at radius 3 is 1.61 bits per heavy atom. The molecule has 0 radical (unpaired) electrons. The molecule has 2 aliphatic heterocycles. The lowest BCUT2D eigenvalue weighted by Gasteiger charge is -2.51. The van der Waals surface area contributed by atoms with Crippen LogP contribution in [0.25, 0.3) is 0 Å². The summed E-state index contributed by atoms with van der Waals surface area (Å²) in [5.74, 6) is 2.51. The number of hydrogen-bond donors (Lipinski definition) is 2. The summed E-state index contributed by atoms with van der Waals surface area (Å²) in [5, 5.41) is 20.2. The van der Waals surface area contributed by atoms with Crippen molar-refractivity contribution in [2.45, 2.75) is 111 Å². The zero-order valence-corrected chi connectivity index (χ0v) is 26.9. The van der Waals surface area contributed by atoms with E-state index in [4.69, 9.17) is 9.47 Å². The van der Waals surface area contributed by atoms with E-state index < -0.39 is 0 Å². The first-order valence-corrected chi connectivity index (χ1v) is 15.4. The number of fused-ring (bicyclic) bond motifs is 2. The molecule has 0 bridgehead atoms. The number of benzene rings is 2. The lowest BCUT2D eigenvalue weighted by atomic mass is 9.54. The Bertz CT molecular complexity index is 1210. The first-order chi connectivity index (χ1) is 19.1. The Labute approximate surface area is 247 Å². The van der Waals surface area contributed by atoms with Crippen LogP contribution in [0.5, 0.6) is 11.5 Å². The molecule has 0 saturated heterocycles. The molecule has 0 aromatic heterocycles. The van der Waals surface area contributed by atoms with E-state index in [0.29, 0.717) is 19.4 Å². The summed E-state index contributed by atoms with van der Waals surface area (Å²) >= 11 is 0. The molecular formula is C35H52N2O4. The molecule has 1 saturated carbocycles. The maximum absolute atomic E-state index is 10.1. The molecule has 0 spiro atoms. The topological polar surface area (TPSA) is 65.4 Å². The Morgan fingerprint density at radius 1 is 0.780 bits per heavy atom. The van der Waals surface area contributed by atoms with Crippen molar-refractivity contribution in [1.82, 2.24) is 9.80 Å². The molecule has 5 rings (SSSR count). The van der Waals surface area contributed by atoms with Crippen molar-refractivity contribution in [1.29, 1.82) is 0 Å². The fraction of sp³-hybridized carbons (Fsp3) is 0.657. The molecule has 2 heterocycles. The van der Waals surface area contributed by atoms with Crippen molar-refractivity contribution in [2.75, 3.05) is 26.7 Å². The van der Waals surface area contributed by atoms with Crippen molar-refractivity contribution >= 4 is 0 Å². The van der Waals surface area contributed by atoms with Gasteiger partial charge >= 0.3 is 0 Å². The molecule has 3 aliphatic rings. The molecular weight excluding hydrogens is 512 g/mol. The predicted molar refractivity (Wildman–Crippen MR) is 164 cm³/mol. The van der Waals surface area contributed by atoms with Gasteiger partial charge in [0.1, 0.15) is 25.0 Å². The quantitative estimate of drug-likeness (QED) is 0.431. The van der Waals surface area contributed by atoms with Crippen LogP contribution in [-0.2, 0) is 18.5 Å². The summed E-state index contributed by atoms with van der Waals surface area (Å²) < 4.78 is 12.5. The first-order valence-electron chi connectivity index (χ1n) is 15.4. The SMILES string of the molecule is Cc1c(C2(c3ccc4c(c3C)CN(C(C)(C)CO)CO4)CC(C)CC(C)(C)C2)ccc2c1CN(C(C)(C)CO)CO2. The second-order valence-electron chi connectivity index (χ2n) is 15.3. The maximum atomic E-state index is 10.1. The molecule has 1 unspecified atom stereocenters. The molecule has 2 aromatic carbocycles. The van der Waals surface area contributed by atoms with Gasteiger partial charge in [-0.2, -0.15) is 0 Å². The Hall–Kier alpha value is -2.12. The molecule has 226 valence electrons. The fourth-order valence-corrected chi connectivity index (χ4v) is 8.04. The van der Waals surface area contributed by atoms with Crippen molar-refractivity contribution in [2.24, 2.45) is 11.3 Å². The van der Waals surface area contributed by atoms with Gasteiger partial charge in [-0.05, 0) is 107 Å². The van der Waals surface area contributed by atoms with Gasteiger partial charge in [0.2, 0.25) is 0 Å². The van der Waals surface area contributed by atoms with Crippen LogP contribution in [0.15, 0.2) is 24.3 Å². The first kappa shape index (κ1) is 30.3. The third-order valence-corrected chi connectivity index (χ3v) is 10.5. The number of ether oxygens (including phenoxy) is 2. The van der Waals surface area contributed by atoms with Crippen LogP contribution in [0.4, 0.5) is 0 Å². The lowest BCUT2D eigenvalue weighted by molar-refractivity contribution is -0.0171. The Morgan fingerprint density at radius 2 is 1.22 bits per heavy atom. The van der Waals surface area contributed by atoms with E-state index >= 15 is 0 Å². The van der Waals surface area contributed by atoms with Crippen molar-refractivity contribution in [3.05, 3.63) is 57.6 Å². The van der Waals surface area contributed by atoms with Gasteiger partial charge in [0.15, 0.2) is 0 Å². The summed E-state index contributed by atoms with van der Waals surface area (Å²) in [5.41, 5.74) is 7.20. The molecule has 1 atom stereocenters.